The van der Waals surface area contributed by atoms with Crippen molar-refractivity contribution in [2.75, 3.05) is 0 Å². The first-order valence-electron chi connectivity index (χ1n) is 15.1. The zero-order chi connectivity index (χ0) is 31.4. The minimum Gasteiger partial charge on any atom is -0.456 e. The molecule has 0 aliphatic rings. The quantitative estimate of drug-likeness (QED) is 0.137. The predicted octanol–water partition coefficient (Wildman–Crippen LogP) is 7.67. The van der Waals surface area contributed by atoms with E-state index in [1.54, 1.807) is 0 Å². The van der Waals surface area contributed by atoms with Crippen molar-refractivity contribution in [3.05, 3.63) is 139 Å². The van der Waals surface area contributed by atoms with E-state index in [9.17, 15) is 9.59 Å². The lowest BCUT2D eigenvalue weighted by atomic mass is 10.0. The minimum atomic E-state index is -0.352. The molecule has 0 spiro atoms. The maximum Gasteiger partial charge on any atom is 0.355 e. The van der Waals surface area contributed by atoms with Gasteiger partial charge in [0.1, 0.15) is 24.6 Å². The molecule has 7 nitrogen and oxygen atoms in total. The summed E-state index contributed by atoms with van der Waals surface area (Å²) >= 11 is 0. The monoisotopic (exact) mass is 591 g/mol. The fourth-order valence-corrected chi connectivity index (χ4v) is 5.78. The van der Waals surface area contributed by atoms with E-state index in [4.69, 9.17) is 9.47 Å². The maximum atomic E-state index is 13.0. The van der Waals surface area contributed by atoms with Crippen LogP contribution in [0.2, 0.25) is 0 Å². The Balaban J connectivity index is 1.32. The van der Waals surface area contributed by atoms with Crippen molar-refractivity contribution >= 4 is 11.9 Å². The third-order valence-electron chi connectivity index (χ3n) is 8.80. The lowest BCUT2D eigenvalue weighted by molar-refractivity contribution is 0.0457. The molecule has 0 atom stereocenters. The van der Waals surface area contributed by atoms with Crippen LogP contribution in [0, 0.1) is 34.6 Å². The molecule has 0 bridgehead atoms. The van der Waals surface area contributed by atoms with Gasteiger partial charge in [0.05, 0.1) is 0 Å². The number of carbonyl (C=O) groups excluding carboxylic acids is 2. The van der Waals surface area contributed by atoms with Crippen molar-refractivity contribution in [3.8, 4) is 0 Å². The SMILES string of the molecule is CCc1c(Cc2[nH]c(C(=O)OCc3ccccc3)c(C)c2C)[nH]c(Cc2[nH]c(C(=O)OCc3ccccc3)c(C)c2C)c1C. The average molecular weight is 592 g/mol. The van der Waals surface area contributed by atoms with Crippen LogP contribution in [0.4, 0.5) is 0 Å². The van der Waals surface area contributed by atoms with E-state index in [0.29, 0.717) is 24.2 Å². The number of benzene rings is 2. The molecule has 5 aromatic rings. The highest BCUT2D eigenvalue weighted by atomic mass is 16.5. The van der Waals surface area contributed by atoms with Crippen LogP contribution < -0.4 is 0 Å². The number of ether oxygens (including phenoxy) is 2. The van der Waals surface area contributed by atoms with Gasteiger partial charge in [0.2, 0.25) is 0 Å². The molecule has 0 fully saturated rings. The predicted molar refractivity (Wildman–Crippen MR) is 172 cm³/mol. The number of hydrogen-bond donors (Lipinski definition) is 3. The fraction of sp³-hybridized carbons (Fsp3) is 0.297. The van der Waals surface area contributed by atoms with Crippen LogP contribution in [0.25, 0.3) is 0 Å². The summed E-state index contributed by atoms with van der Waals surface area (Å²) in [6, 6.07) is 19.4. The number of rotatable bonds is 11. The Morgan fingerprint density at radius 1 is 0.545 bits per heavy atom. The van der Waals surface area contributed by atoms with E-state index in [1.807, 2.05) is 88.4 Å². The molecule has 0 unspecified atom stereocenters. The second-order valence-corrected chi connectivity index (χ2v) is 11.5. The third kappa shape index (κ3) is 6.42. The van der Waals surface area contributed by atoms with E-state index in [0.717, 1.165) is 62.6 Å². The van der Waals surface area contributed by atoms with Gasteiger partial charge < -0.3 is 24.4 Å². The van der Waals surface area contributed by atoms with Gasteiger partial charge in [0, 0.05) is 35.6 Å². The molecule has 0 saturated carbocycles. The van der Waals surface area contributed by atoms with Crippen LogP contribution in [0.15, 0.2) is 60.7 Å². The molecule has 2 aromatic carbocycles. The molecule has 5 rings (SSSR count). The molecule has 3 N–H and O–H groups in total. The van der Waals surface area contributed by atoms with Gasteiger partial charge in [-0.15, -0.1) is 0 Å². The summed E-state index contributed by atoms with van der Waals surface area (Å²) in [5.74, 6) is -0.704. The molecule has 44 heavy (non-hydrogen) atoms. The molecule has 0 radical (unpaired) electrons. The van der Waals surface area contributed by atoms with Crippen molar-refractivity contribution in [2.24, 2.45) is 0 Å². The van der Waals surface area contributed by atoms with Gasteiger partial charge in [0.25, 0.3) is 0 Å². The molecule has 7 heteroatoms. The zero-order valence-electron chi connectivity index (χ0n) is 26.4. The Hall–Kier alpha value is -4.78. The standard InChI is InChI=1S/C37H41N3O4/c1-7-29-26(6)32(18-30-22(2)24(4)34(39-30)36(41)43-20-27-14-10-8-11-15-27)38-33(29)19-31-23(3)25(5)35(40-31)37(42)44-21-28-16-12-9-13-17-28/h8-17,38-40H,7,18-21H2,1-6H3. The summed E-state index contributed by atoms with van der Waals surface area (Å²) in [6.07, 6.45) is 2.15. The van der Waals surface area contributed by atoms with Gasteiger partial charge in [-0.2, -0.15) is 0 Å². The highest BCUT2D eigenvalue weighted by molar-refractivity contribution is 5.90. The number of aromatic amines is 3. The van der Waals surface area contributed by atoms with Gasteiger partial charge in [0.15, 0.2) is 0 Å². The van der Waals surface area contributed by atoms with Crippen molar-refractivity contribution in [1.82, 2.24) is 15.0 Å². The Kier molecular flexibility index (Phi) is 9.23. The first-order chi connectivity index (χ1) is 21.2. The number of hydrogen-bond acceptors (Lipinski definition) is 4. The van der Waals surface area contributed by atoms with Crippen molar-refractivity contribution in [2.45, 2.75) is 74.0 Å². The van der Waals surface area contributed by atoms with E-state index >= 15 is 0 Å². The second-order valence-electron chi connectivity index (χ2n) is 11.5. The van der Waals surface area contributed by atoms with Crippen LogP contribution in [0.3, 0.4) is 0 Å². The number of carbonyl (C=O) groups is 2. The molecule has 0 aliphatic carbocycles. The summed E-state index contributed by atoms with van der Waals surface area (Å²) in [6.45, 7) is 12.8. The number of aromatic nitrogens is 3. The normalized spacial score (nSPS) is 11.1. The summed E-state index contributed by atoms with van der Waals surface area (Å²) in [7, 11) is 0. The van der Waals surface area contributed by atoms with Crippen LogP contribution in [-0.4, -0.2) is 26.9 Å². The largest absolute Gasteiger partial charge is 0.456 e. The summed E-state index contributed by atoms with van der Waals surface area (Å²) in [5.41, 5.74) is 13.5. The molecular weight excluding hydrogens is 550 g/mol. The van der Waals surface area contributed by atoms with E-state index in [1.165, 1.54) is 11.1 Å². The summed E-state index contributed by atoms with van der Waals surface area (Å²) in [4.78, 5) is 36.3. The Labute approximate surface area is 259 Å². The molecule has 0 amide bonds. The van der Waals surface area contributed by atoms with E-state index in [-0.39, 0.29) is 25.2 Å². The maximum absolute atomic E-state index is 13.0. The van der Waals surface area contributed by atoms with Crippen LogP contribution in [0.1, 0.15) is 95.2 Å². The molecule has 228 valence electrons. The summed E-state index contributed by atoms with van der Waals surface area (Å²) < 4.78 is 11.2. The molecule has 0 saturated heterocycles. The highest BCUT2D eigenvalue weighted by Gasteiger charge is 2.23. The Bertz CT molecular complexity index is 1770. The van der Waals surface area contributed by atoms with Crippen LogP contribution >= 0.6 is 0 Å². The fourth-order valence-electron chi connectivity index (χ4n) is 5.78. The number of esters is 2. The summed E-state index contributed by atoms with van der Waals surface area (Å²) in [5, 5.41) is 0. The lowest BCUT2D eigenvalue weighted by Gasteiger charge is -2.05. The van der Waals surface area contributed by atoms with Gasteiger partial charge in [-0.05, 0) is 85.5 Å². The van der Waals surface area contributed by atoms with E-state index < -0.39 is 0 Å². The molecular formula is C37H41N3O4. The lowest BCUT2D eigenvalue weighted by Crippen LogP contribution is -2.07. The second kappa shape index (κ2) is 13.2. The van der Waals surface area contributed by atoms with Gasteiger partial charge in [-0.25, -0.2) is 9.59 Å². The van der Waals surface area contributed by atoms with E-state index in [2.05, 4.69) is 28.8 Å². The zero-order valence-corrected chi connectivity index (χ0v) is 26.4. The van der Waals surface area contributed by atoms with Gasteiger partial charge in [-0.1, -0.05) is 67.6 Å². The molecule has 3 heterocycles. The highest BCUT2D eigenvalue weighted by Crippen LogP contribution is 2.28. The van der Waals surface area contributed by atoms with Gasteiger partial charge >= 0.3 is 11.9 Å². The third-order valence-corrected chi connectivity index (χ3v) is 8.80. The number of H-pyrrole nitrogens is 3. The average Bonchev–Trinajstić information content (AvgIpc) is 3.61. The molecule has 0 aliphatic heterocycles. The van der Waals surface area contributed by atoms with Crippen molar-refractivity contribution in [1.29, 1.82) is 0 Å². The first kappa shape index (κ1) is 30.7. The smallest absolute Gasteiger partial charge is 0.355 e. The molecule has 3 aromatic heterocycles. The Morgan fingerprint density at radius 2 is 0.955 bits per heavy atom. The topological polar surface area (TPSA) is 100.0 Å². The first-order valence-corrected chi connectivity index (χ1v) is 15.1. The Morgan fingerprint density at radius 3 is 1.39 bits per heavy atom. The van der Waals surface area contributed by atoms with Crippen LogP contribution in [-0.2, 0) is 41.9 Å². The minimum absolute atomic E-state index is 0.232. The van der Waals surface area contributed by atoms with Gasteiger partial charge in [-0.3, -0.25) is 0 Å². The van der Waals surface area contributed by atoms with Crippen molar-refractivity contribution < 1.29 is 19.1 Å². The van der Waals surface area contributed by atoms with Crippen LogP contribution in [0.5, 0.6) is 0 Å². The van der Waals surface area contributed by atoms with Crippen molar-refractivity contribution in [3.63, 3.8) is 0 Å². The number of nitrogens with one attached hydrogen (secondary N) is 3.